The summed E-state index contributed by atoms with van der Waals surface area (Å²) in [7, 11) is 1.52. The van der Waals surface area contributed by atoms with Gasteiger partial charge in [0.15, 0.2) is 6.61 Å². The van der Waals surface area contributed by atoms with Crippen LogP contribution in [0.25, 0.3) is 0 Å². The molecule has 1 aliphatic carbocycles. The van der Waals surface area contributed by atoms with Crippen LogP contribution in [-0.2, 0) is 27.2 Å². The molecule has 0 fully saturated rings. The zero-order valence-corrected chi connectivity index (χ0v) is 17.9. The van der Waals surface area contributed by atoms with Gasteiger partial charge in [0, 0.05) is 23.0 Å². The molecule has 0 bridgehead atoms. The average Bonchev–Trinajstić information content (AvgIpc) is 3.12. The van der Waals surface area contributed by atoms with E-state index in [9.17, 15) is 14.4 Å². The van der Waals surface area contributed by atoms with E-state index >= 15 is 0 Å². The van der Waals surface area contributed by atoms with Crippen LogP contribution in [0.15, 0.2) is 23.6 Å². The summed E-state index contributed by atoms with van der Waals surface area (Å²) < 4.78 is 5.21. The second-order valence-corrected chi connectivity index (χ2v) is 8.41. The van der Waals surface area contributed by atoms with E-state index in [0.717, 1.165) is 48.1 Å². The van der Waals surface area contributed by atoms with Gasteiger partial charge in [-0.3, -0.25) is 9.59 Å². The SMILES string of the molecule is Cc1ccc(C)c(NC(=O)CN(C)C(=O)COC(=O)c2csc3c2CCCC3)c1. The van der Waals surface area contributed by atoms with E-state index in [2.05, 4.69) is 5.32 Å². The van der Waals surface area contributed by atoms with E-state index < -0.39 is 11.9 Å². The third-order valence-electron chi connectivity index (χ3n) is 5.08. The predicted molar refractivity (Wildman–Crippen MR) is 113 cm³/mol. The zero-order valence-electron chi connectivity index (χ0n) is 17.0. The van der Waals surface area contributed by atoms with Gasteiger partial charge in [0.2, 0.25) is 5.91 Å². The number of fused-ring (bicyclic) bond motifs is 1. The average molecular weight is 415 g/mol. The quantitative estimate of drug-likeness (QED) is 0.734. The Labute approximate surface area is 174 Å². The molecular formula is C22H26N2O4S. The highest BCUT2D eigenvalue weighted by Gasteiger charge is 2.22. The Hall–Kier alpha value is -2.67. The number of carbonyl (C=O) groups excluding carboxylic acids is 3. The first-order chi connectivity index (χ1) is 13.8. The number of nitrogens with one attached hydrogen (secondary N) is 1. The van der Waals surface area contributed by atoms with Crippen molar-refractivity contribution in [2.24, 2.45) is 0 Å². The van der Waals surface area contributed by atoms with Crippen LogP contribution < -0.4 is 5.32 Å². The summed E-state index contributed by atoms with van der Waals surface area (Å²) >= 11 is 1.58. The maximum Gasteiger partial charge on any atom is 0.339 e. The fourth-order valence-corrected chi connectivity index (χ4v) is 4.46. The summed E-state index contributed by atoms with van der Waals surface area (Å²) in [6.45, 7) is 3.37. The monoisotopic (exact) mass is 414 g/mol. The van der Waals surface area contributed by atoms with Gasteiger partial charge in [-0.1, -0.05) is 12.1 Å². The molecule has 1 N–H and O–H groups in total. The lowest BCUT2D eigenvalue weighted by molar-refractivity contribution is -0.136. The zero-order chi connectivity index (χ0) is 21.0. The van der Waals surface area contributed by atoms with Crippen molar-refractivity contribution in [1.29, 1.82) is 0 Å². The van der Waals surface area contributed by atoms with E-state index in [1.807, 2.05) is 37.4 Å². The third kappa shape index (κ3) is 5.23. The lowest BCUT2D eigenvalue weighted by Gasteiger charge is -2.18. The molecular weight excluding hydrogens is 388 g/mol. The first kappa shape index (κ1) is 21.0. The van der Waals surface area contributed by atoms with Crippen molar-refractivity contribution in [3.05, 3.63) is 50.7 Å². The molecule has 0 saturated heterocycles. The fraction of sp³-hybridized carbons (Fsp3) is 0.409. The van der Waals surface area contributed by atoms with Gasteiger partial charge in [0.1, 0.15) is 0 Å². The summed E-state index contributed by atoms with van der Waals surface area (Å²) in [5, 5.41) is 4.64. The number of carbonyl (C=O) groups is 3. The number of benzene rings is 1. The number of ether oxygens (including phenoxy) is 1. The number of likely N-dealkylation sites (N-methyl/N-ethyl adjacent to an activating group) is 1. The van der Waals surface area contributed by atoms with Crippen LogP contribution in [0.2, 0.25) is 0 Å². The maximum absolute atomic E-state index is 12.4. The van der Waals surface area contributed by atoms with Gasteiger partial charge in [-0.05, 0) is 62.3 Å². The van der Waals surface area contributed by atoms with Gasteiger partial charge in [0.05, 0.1) is 12.1 Å². The largest absolute Gasteiger partial charge is 0.452 e. The minimum Gasteiger partial charge on any atom is -0.452 e. The van der Waals surface area contributed by atoms with E-state index in [1.165, 1.54) is 16.8 Å². The molecule has 0 atom stereocenters. The van der Waals surface area contributed by atoms with Gasteiger partial charge in [-0.25, -0.2) is 4.79 Å². The van der Waals surface area contributed by atoms with Crippen LogP contribution >= 0.6 is 11.3 Å². The molecule has 0 saturated carbocycles. The Morgan fingerprint density at radius 1 is 1.17 bits per heavy atom. The first-order valence-electron chi connectivity index (χ1n) is 9.72. The standard InChI is InChI=1S/C22H26N2O4S/c1-14-8-9-15(2)18(10-14)23-20(25)11-24(3)21(26)12-28-22(27)17-13-29-19-7-5-4-6-16(17)19/h8-10,13H,4-7,11-12H2,1-3H3,(H,23,25). The van der Waals surface area contributed by atoms with Crippen molar-refractivity contribution in [2.45, 2.75) is 39.5 Å². The van der Waals surface area contributed by atoms with Crippen LogP contribution in [0.3, 0.4) is 0 Å². The molecule has 29 heavy (non-hydrogen) atoms. The molecule has 154 valence electrons. The molecule has 0 radical (unpaired) electrons. The second-order valence-electron chi connectivity index (χ2n) is 7.45. The van der Waals surface area contributed by atoms with Crippen molar-refractivity contribution in [3.63, 3.8) is 0 Å². The molecule has 2 amide bonds. The van der Waals surface area contributed by atoms with Gasteiger partial charge >= 0.3 is 5.97 Å². The smallest absolute Gasteiger partial charge is 0.339 e. The number of nitrogens with zero attached hydrogens (tertiary/aromatic N) is 1. The van der Waals surface area contributed by atoms with Crippen LogP contribution in [0, 0.1) is 13.8 Å². The molecule has 0 aliphatic heterocycles. The number of hydrogen-bond acceptors (Lipinski definition) is 5. The summed E-state index contributed by atoms with van der Waals surface area (Å²) in [6, 6.07) is 5.79. The number of aryl methyl sites for hydroxylation is 3. The Bertz CT molecular complexity index is 935. The number of anilines is 1. The fourth-order valence-electron chi connectivity index (χ4n) is 3.34. The first-order valence-corrected chi connectivity index (χ1v) is 10.6. The van der Waals surface area contributed by atoms with Gasteiger partial charge in [-0.15, -0.1) is 11.3 Å². The molecule has 7 heteroatoms. The minimum atomic E-state index is -0.467. The Morgan fingerprint density at radius 3 is 2.72 bits per heavy atom. The molecule has 1 heterocycles. The molecule has 0 unspecified atom stereocenters. The summed E-state index contributed by atoms with van der Waals surface area (Å²) in [6.07, 6.45) is 4.11. The number of amides is 2. The van der Waals surface area contributed by atoms with E-state index in [0.29, 0.717) is 5.56 Å². The summed E-state index contributed by atoms with van der Waals surface area (Å²) in [4.78, 5) is 39.4. The van der Waals surface area contributed by atoms with Crippen molar-refractivity contribution in [2.75, 3.05) is 25.5 Å². The third-order valence-corrected chi connectivity index (χ3v) is 6.17. The van der Waals surface area contributed by atoms with Crippen molar-refractivity contribution in [1.82, 2.24) is 4.90 Å². The highest BCUT2D eigenvalue weighted by Crippen LogP contribution is 2.30. The van der Waals surface area contributed by atoms with Gasteiger partial charge in [-0.2, -0.15) is 0 Å². The maximum atomic E-state index is 12.4. The van der Waals surface area contributed by atoms with Crippen LogP contribution in [-0.4, -0.2) is 42.9 Å². The van der Waals surface area contributed by atoms with E-state index in [4.69, 9.17) is 4.74 Å². The molecule has 1 aromatic carbocycles. The number of hydrogen-bond donors (Lipinski definition) is 1. The predicted octanol–water partition coefficient (Wildman–Crippen LogP) is 3.50. The van der Waals surface area contributed by atoms with Crippen molar-refractivity contribution >= 4 is 34.8 Å². The Kier molecular flexibility index (Phi) is 6.69. The van der Waals surface area contributed by atoms with Crippen LogP contribution in [0.4, 0.5) is 5.69 Å². The lowest BCUT2D eigenvalue weighted by Crippen LogP contribution is -2.37. The summed E-state index contributed by atoms with van der Waals surface area (Å²) in [5.74, 6) is -1.18. The van der Waals surface area contributed by atoms with Crippen molar-refractivity contribution < 1.29 is 19.1 Å². The topological polar surface area (TPSA) is 75.7 Å². The second kappa shape index (κ2) is 9.22. The number of rotatable bonds is 6. The van der Waals surface area contributed by atoms with Crippen LogP contribution in [0.1, 0.15) is 44.8 Å². The number of esters is 1. The molecule has 1 aliphatic rings. The Balaban J connectivity index is 1.50. The molecule has 2 aromatic rings. The Morgan fingerprint density at radius 2 is 1.93 bits per heavy atom. The highest BCUT2D eigenvalue weighted by atomic mass is 32.1. The van der Waals surface area contributed by atoms with Crippen LogP contribution in [0.5, 0.6) is 0 Å². The lowest BCUT2D eigenvalue weighted by atomic mass is 9.96. The van der Waals surface area contributed by atoms with E-state index in [1.54, 1.807) is 11.3 Å². The normalized spacial score (nSPS) is 12.8. The van der Waals surface area contributed by atoms with Crippen molar-refractivity contribution in [3.8, 4) is 0 Å². The summed E-state index contributed by atoms with van der Waals surface area (Å²) in [5.41, 5.74) is 4.36. The van der Waals surface area contributed by atoms with E-state index in [-0.39, 0.29) is 19.1 Å². The molecule has 1 aromatic heterocycles. The number of thiophene rings is 1. The molecule has 6 nitrogen and oxygen atoms in total. The highest BCUT2D eigenvalue weighted by molar-refractivity contribution is 7.10. The molecule has 3 rings (SSSR count). The minimum absolute atomic E-state index is 0.113. The van der Waals surface area contributed by atoms with Gasteiger partial charge < -0.3 is 15.0 Å². The molecule has 0 spiro atoms. The van der Waals surface area contributed by atoms with Gasteiger partial charge in [0.25, 0.3) is 5.91 Å².